The van der Waals surface area contributed by atoms with Crippen molar-refractivity contribution in [1.29, 1.82) is 0 Å². The van der Waals surface area contributed by atoms with Gasteiger partial charge in [0.15, 0.2) is 0 Å². The van der Waals surface area contributed by atoms with Crippen LogP contribution in [0.3, 0.4) is 0 Å². The van der Waals surface area contributed by atoms with E-state index in [9.17, 15) is 9.59 Å². The Balaban J connectivity index is 2.23. The van der Waals surface area contributed by atoms with Crippen LogP contribution in [-0.2, 0) is 4.79 Å². The highest BCUT2D eigenvalue weighted by atomic mass is 16.2. The number of hydrogen-bond acceptors (Lipinski definition) is 4. The first-order valence-corrected chi connectivity index (χ1v) is 6.25. The van der Waals surface area contributed by atoms with E-state index in [1.165, 1.54) is 0 Å². The smallest absolute Gasteiger partial charge is 0.256 e. The lowest BCUT2D eigenvalue weighted by Crippen LogP contribution is -2.34. The highest BCUT2D eigenvalue weighted by molar-refractivity contribution is 6.00. The Labute approximate surface area is 111 Å². The van der Waals surface area contributed by atoms with E-state index in [0.29, 0.717) is 37.3 Å². The molecule has 0 aliphatic carbocycles. The number of anilines is 1. The number of nitrogen functional groups attached to an aromatic ring is 1. The molecule has 1 aromatic carbocycles. The second kappa shape index (κ2) is 5.71. The van der Waals surface area contributed by atoms with Gasteiger partial charge in [-0.1, -0.05) is 11.6 Å². The Morgan fingerprint density at radius 2 is 2.21 bits per heavy atom. The van der Waals surface area contributed by atoms with Gasteiger partial charge in [-0.3, -0.25) is 15.4 Å². The predicted octanol–water partition coefficient (Wildman–Crippen LogP) is 0.243. The molecule has 1 fully saturated rings. The summed E-state index contributed by atoms with van der Waals surface area (Å²) in [7, 11) is 0. The van der Waals surface area contributed by atoms with Crippen molar-refractivity contribution in [2.24, 2.45) is 5.84 Å². The SMILES string of the molecule is Cc1ccc(NN)c(C(=O)N2CCNC(=O)CC2)c1. The van der Waals surface area contributed by atoms with Crippen molar-refractivity contribution in [2.45, 2.75) is 13.3 Å². The first-order valence-electron chi connectivity index (χ1n) is 6.25. The van der Waals surface area contributed by atoms with Crippen LogP contribution in [0, 0.1) is 6.92 Å². The number of nitrogens with two attached hydrogens (primary N) is 1. The van der Waals surface area contributed by atoms with Crippen molar-refractivity contribution in [3.05, 3.63) is 29.3 Å². The first kappa shape index (κ1) is 13.4. The van der Waals surface area contributed by atoms with E-state index < -0.39 is 0 Å². The number of carbonyl (C=O) groups is 2. The number of benzene rings is 1. The average Bonchev–Trinajstić information content (AvgIpc) is 2.62. The summed E-state index contributed by atoms with van der Waals surface area (Å²) in [5, 5.41) is 2.75. The summed E-state index contributed by atoms with van der Waals surface area (Å²) < 4.78 is 0. The minimum Gasteiger partial charge on any atom is -0.354 e. The molecule has 0 spiro atoms. The number of nitrogens with zero attached hydrogens (tertiary/aromatic N) is 1. The number of hydrazine groups is 1. The summed E-state index contributed by atoms with van der Waals surface area (Å²) in [6, 6.07) is 5.47. The molecule has 4 N–H and O–H groups in total. The molecule has 0 radical (unpaired) electrons. The quantitative estimate of drug-likeness (QED) is 0.526. The second-order valence-corrected chi connectivity index (χ2v) is 4.59. The minimum absolute atomic E-state index is 0.0169. The normalized spacial score (nSPS) is 15.7. The lowest BCUT2D eigenvalue weighted by molar-refractivity contribution is -0.120. The van der Waals surface area contributed by atoms with E-state index >= 15 is 0 Å². The summed E-state index contributed by atoms with van der Waals surface area (Å²) in [4.78, 5) is 25.4. The van der Waals surface area contributed by atoms with Crippen molar-refractivity contribution >= 4 is 17.5 Å². The van der Waals surface area contributed by atoms with Crippen molar-refractivity contribution < 1.29 is 9.59 Å². The zero-order chi connectivity index (χ0) is 13.8. The molecule has 1 aliphatic heterocycles. The van der Waals surface area contributed by atoms with Gasteiger partial charge in [-0.2, -0.15) is 0 Å². The van der Waals surface area contributed by atoms with E-state index in [-0.39, 0.29) is 11.8 Å². The number of carbonyl (C=O) groups excluding carboxylic acids is 2. The van der Waals surface area contributed by atoms with Gasteiger partial charge in [0.2, 0.25) is 5.91 Å². The van der Waals surface area contributed by atoms with Gasteiger partial charge in [0.25, 0.3) is 5.91 Å². The summed E-state index contributed by atoms with van der Waals surface area (Å²) in [6.45, 7) is 3.36. The molecule has 0 unspecified atom stereocenters. The van der Waals surface area contributed by atoms with Gasteiger partial charge in [-0.25, -0.2) is 0 Å². The molecule has 0 saturated carbocycles. The van der Waals surface area contributed by atoms with E-state index in [1.807, 2.05) is 13.0 Å². The molecule has 19 heavy (non-hydrogen) atoms. The average molecular weight is 262 g/mol. The maximum absolute atomic E-state index is 12.5. The standard InChI is InChI=1S/C13H18N4O2/c1-9-2-3-11(16-14)10(8-9)13(19)17-6-4-12(18)15-5-7-17/h2-3,8,16H,4-7,14H2,1H3,(H,15,18). The van der Waals surface area contributed by atoms with Crippen LogP contribution in [0.15, 0.2) is 18.2 Å². The predicted molar refractivity (Wildman–Crippen MR) is 72.5 cm³/mol. The van der Waals surface area contributed by atoms with Gasteiger partial charge in [0, 0.05) is 26.1 Å². The van der Waals surface area contributed by atoms with Crippen molar-refractivity contribution in [2.75, 3.05) is 25.1 Å². The minimum atomic E-state index is -0.104. The summed E-state index contributed by atoms with van der Waals surface area (Å²) in [6.07, 6.45) is 0.336. The number of amides is 2. The van der Waals surface area contributed by atoms with Crippen LogP contribution >= 0.6 is 0 Å². The maximum atomic E-state index is 12.5. The largest absolute Gasteiger partial charge is 0.354 e. The third kappa shape index (κ3) is 3.03. The fourth-order valence-corrected chi connectivity index (χ4v) is 2.10. The lowest BCUT2D eigenvalue weighted by Gasteiger charge is -2.21. The lowest BCUT2D eigenvalue weighted by atomic mass is 10.1. The Hall–Kier alpha value is -2.08. The third-order valence-corrected chi connectivity index (χ3v) is 3.16. The van der Waals surface area contributed by atoms with Crippen LogP contribution in [0.2, 0.25) is 0 Å². The van der Waals surface area contributed by atoms with E-state index in [2.05, 4.69) is 10.7 Å². The summed E-state index contributed by atoms with van der Waals surface area (Å²) >= 11 is 0. The van der Waals surface area contributed by atoms with Gasteiger partial charge >= 0.3 is 0 Å². The van der Waals surface area contributed by atoms with Crippen LogP contribution in [0.4, 0.5) is 5.69 Å². The van der Waals surface area contributed by atoms with E-state index in [1.54, 1.807) is 17.0 Å². The zero-order valence-electron chi connectivity index (χ0n) is 10.9. The highest BCUT2D eigenvalue weighted by Gasteiger charge is 2.21. The highest BCUT2D eigenvalue weighted by Crippen LogP contribution is 2.19. The number of aryl methyl sites for hydroxylation is 1. The molecule has 102 valence electrons. The Kier molecular flexibility index (Phi) is 4.01. The first-order chi connectivity index (χ1) is 9.11. The van der Waals surface area contributed by atoms with Gasteiger partial charge in [0.1, 0.15) is 0 Å². The number of hydrogen-bond donors (Lipinski definition) is 3. The zero-order valence-corrected chi connectivity index (χ0v) is 10.9. The molecular formula is C13H18N4O2. The third-order valence-electron chi connectivity index (χ3n) is 3.16. The number of rotatable bonds is 2. The van der Waals surface area contributed by atoms with E-state index in [4.69, 9.17) is 5.84 Å². The molecule has 6 heteroatoms. The summed E-state index contributed by atoms with van der Waals surface area (Å²) in [5.74, 6) is 5.31. The van der Waals surface area contributed by atoms with Gasteiger partial charge in [-0.05, 0) is 19.1 Å². The monoisotopic (exact) mass is 262 g/mol. The van der Waals surface area contributed by atoms with Crippen LogP contribution in [-0.4, -0.2) is 36.3 Å². The van der Waals surface area contributed by atoms with Crippen molar-refractivity contribution in [3.8, 4) is 0 Å². The van der Waals surface area contributed by atoms with Gasteiger partial charge < -0.3 is 15.6 Å². The molecule has 6 nitrogen and oxygen atoms in total. The topological polar surface area (TPSA) is 87.5 Å². The molecule has 2 amide bonds. The van der Waals surface area contributed by atoms with Gasteiger partial charge in [0.05, 0.1) is 11.3 Å². The Bertz CT molecular complexity index is 501. The molecule has 0 aromatic heterocycles. The summed E-state index contributed by atoms with van der Waals surface area (Å²) in [5.41, 5.74) is 4.66. The molecule has 0 atom stereocenters. The van der Waals surface area contributed by atoms with Crippen molar-refractivity contribution in [1.82, 2.24) is 10.2 Å². The molecule has 0 bridgehead atoms. The fourth-order valence-electron chi connectivity index (χ4n) is 2.10. The van der Waals surface area contributed by atoms with Crippen LogP contribution in [0.25, 0.3) is 0 Å². The molecule has 1 saturated heterocycles. The molecule has 2 rings (SSSR count). The van der Waals surface area contributed by atoms with E-state index in [0.717, 1.165) is 5.56 Å². The maximum Gasteiger partial charge on any atom is 0.256 e. The fraction of sp³-hybridized carbons (Fsp3) is 0.385. The van der Waals surface area contributed by atoms with Crippen molar-refractivity contribution in [3.63, 3.8) is 0 Å². The number of nitrogens with one attached hydrogen (secondary N) is 2. The molecular weight excluding hydrogens is 244 g/mol. The van der Waals surface area contributed by atoms with Crippen LogP contribution in [0.5, 0.6) is 0 Å². The second-order valence-electron chi connectivity index (χ2n) is 4.59. The molecule has 1 aromatic rings. The van der Waals surface area contributed by atoms with Crippen LogP contribution in [0.1, 0.15) is 22.3 Å². The molecule has 1 aliphatic rings. The Morgan fingerprint density at radius 3 is 2.95 bits per heavy atom. The molecule has 1 heterocycles. The Morgan fingerprint density at radius 1 is 1.42 bits per heavy atom. The van der Waals surface area contributed by atoms with Crippen LogP contribution < -0.4 is 16.6 Å². The van der Waals surface area contributed by atoms with Gasteiger partial charge in [-0.15, -0.1) is 0 Å².